The molecular formula is C20H41N2O5P. The van der Waals surface area contributed by atoms with Crippen LogP contribution < -0.4 is 0 Å². The maximum absolute atomic E-state index is 10.7. The fourth-order valence-corrected chi connectivity index (χ4v) is 5.51. The molecule has 0 spiro atoms. The Labute approximate surface area is 171 Å². The minimum atomic E-state index is -3.17. The second-order valence-corrected chi connectivity index (χ2v) is 10.8. The molecule has 0 aromatic rings. The first-order chi connectivity index (χ1) is 13.0. The van der Waals surface area contributed by atoms with E-state index in [4.69, 9.17) is 13.8 Å². The van der Waals surface area contributed by atoms with E-state index in [0.717, 1.165) is 13.0 Å². The number of likely N-dealkylation sites (tertiary alicyclic amines) is 2. The smallest absolute Gasteiger partial charge is 0.248 e. The Bertz CT molecular complexity index is 531. The zero-order valence-electron chi connectivity index (χ0n) is 18.5. The third-order valence-electron chi connectivity index (χ3n) is 5.62. The van der Waals surface area contributed by atoms with Crippen molar-refractivity contribution >= 4 is 13.9 Å². The summed E-state index contributed by atoms with van der Waals surface area (Å²) in [6.07, 6.45) is 5.63. The minimum absolute atomic E-state index is 0.0604. The molecule has 0 radical (unpaired) electrons. The van der Waals surface area contributed by atoms with Crippen molar-refractivity contribution in [2.24, 2.45) is 0 Å². The molecule has 28 heavy (non-hydrogen) atoms. The van der Waals surface area contributed by atoms with Crippen LogP contribution in [-0.4, -0.2) is 94.9 Å². The zero-order chi connectivity index (χ0) is 21.1. The number of hydrogen-bond donors (Lipinski definition) is 2. The standard InChI is InChI=1S/C20H41N2O5P/c1-14(2)21-11-20(8-17(21)12-23)27-28(7,24)25-13-18-9-19(26-16(5)6)10-22(18)15(3)4/h14-20,23-24H,7-13H2,1-6H3. The molecule has 2 rings (SSSR count). The molecule has 2 heterocycles. The Morgan fingerprint density at radius 1 is 0.964 bits per heavy atom. The quantitative estimate of drug-likeness (QED) is 0.526. The van der Waals surface area contributed by atoms with Crippen LogP contribution in [0.25, 0.3) is 0 Å². The normalized spacial score (nSPS) is 32.1. The van der Waals surface area contributed by atoms with Gasteiger partial charge in [0.2, 0.25) is 7.57 Å². The zero-order valence-corrected chi connectivity index (χ0v) is 19.3. The highest BCUT2D eigenvalue weighted by atomic mass is 31.2. The van der Waals surface area contributed by atoms with Crippen molar-refractivity contribution in [2.75, 3.05) is 26.3 Å². The number of rotatable bonds is 10. The highest BCUT2D eigenvalue weighted by Gasteiger charge is 2.38. The van der Waals surface area contributed by atoms with E-state index in [1.54, 1.807) is 0 Å². The van der Waals surface area contributed by atoms with Crippen molar-refractivity contribution in [3.8, 4) is 0 Å². The number of hydrogen-bond acceptors (Lipinski definition) is 7. The molecule has 2 aliphatic rings. The molecule has 2 saturated heterocycles. The van der Waals surface area contributed by atoms with E-state index < -0.39 is 7.57 Å². The van der Waals surface area contributed by atoms with Crippen LogP contribution in [0.4, 0.5) is 0 Å². The first-order valence-electron chi connectivity index (χ1n) is 10.6. The molecule has 2 aliphatic heterocycles. The fraction of sp³-hybridized carbons (Fsp3) is 0.950. The number of aliphatic hydroxyl groups is 1. The molecule has 0 bridgehead atoms. The third-order valence-corrected chi connectivity index (χ3v) is 6.80. The SMILES string of the molecule is C=P(O)(OCC1CC(OC(C)C)CN1C(C)C)OC1CC(CO)N(C(C)C)C1. The van der Waals surface area contributed by atoms with Gasteiger partial charge < -0.3 is 23.8 Å². The summed E-state index contributed by atoms with van der Waals surface area (Å²) in [5.74, 6) is 0. The lowest BCUT2D eigenvalue weighted by Gasteiger charge is -2.30. The molecule has 5 unspecified atom stereocenters. The van der Waals surface area contributed by atoms with E-state index in [0.29, 0.717) is 31.7 Å². The number of nitrogens with zero attached hydrogens (tertiary/aromatic N) is 2. The molecule has 0 aliphatic carbocycles. The molecule has 5 atom stereocenters. The lowest BCUT2D eigenvalue weighted by Crippen LogP contribution is -2.38. The third kappa shape index (κ3) is 6.78. The first-order valence-corrected chi connectivity index (χ1v) is 12.4. The van der Waals surface area contributed by atoms with E-state index in [2.05, 4.69) is 57.6 Å². The van der Waals surface area contributed by atoms with Gasteiger partial charge in [-0.3, -0.25) is 9.80 Å². The summed E-state index contributed by atoms with van der Waals surface area (Å²) in [5, 5.41) is 9.60. The predicted octanol–water partition coefficient (Wildman–Crippen LogP) is 2.33. The molecule has 8 heteroatoms. The molecular weight excluding hydrogens is 379 g/mol. The molecule has 0 aromatic carbocycles. The number of ether oxygens (including phenoxy) is 1. The van der Waals surface area contributed by atoms with Gasteiger partial charge in [-0.1, -0.05) is 0 Å². The lowest BCUT2D eigenvalue weighted by atomic mass is 10.2. The van der Waals surface area contributed by atoms with Gasteiger partial charge in [-0.2, -0.15) is 0 Å². The van der Waals surface area contributed by atoms with E-state index in [1.807, 2.05) is 0 Å². The van der Waals surface area contributed by atoms with Crippen molar-refractivity contribution in [3.63, 3.8) is 0 Å². The van der Waals surface area contributed by atoms with Gasteiger partial charge in [0, 0.05) is 37.3 Å². The molecule has 0 amide bonds. The van der Waals surface area contributed by atoms with Gasteiger partial charge in [-0.05, 0) is 60.7 Å². The largest absolute Gasteiger partial charge is 0.395 e. The molecule has 2 fully saturated rings. The van der Waals surface area contributed by atoms with Crippen LogP contribution in [0, 0.1) is 0 Å². The first kappa shape index (κ1) is 24.3. The van der Waals surface area contributed by atoms with Gasteiger partial charge in [0.05, 0.1) is 31.5 Å². The summed E-state index contributed by atoms with van der Waals surface area (Å²) in [5.41, 5.74) is 0. The highest BCUT2D eigenvalue weighted by Crippen LogP contribution is 2.46. The molecule has 166 valence electrons. The van der Waals surface area contributed by atoms with Crippen LogP contribution in [0.2, 0.25) is 0 Å². The topological polar surface area (TPSA) is 74.6 Å². The van der Waals surface area contributed by atoms with Gasteiger partial charge in [-0.25, -0.2) is 0 Å². The van der Waals surface area contributed by atoms with E-state index in [1.165, 1.54) is 0 Å². The van der Waals surface area contributed by atoms with Crippen LogP contribution in [0.1, 0.15) is 54.4 Å². The Kier molecular flexibility index (Phi) is 8.99. The summed E-state index contributed by atoms with van der Waals surface area (Å²) in [6, 6.07) is 0.942. The highest BCUT2D eigenvalue weighted by molar-refractivity contribution is 7.58. The van der Waals surface area contributed by atoms with E-state index in [-0.39, 0.29) is 37.0 Å². The summed E-state index contributed by atoms with van der Waals surface area (Å²) >= 11 is 0. The van der Waals surface area contributed by atoms with Crippen molar-refractivity contribution in [1.29, 1.82) is 0 Å². The van der Waals surface area contributed by atoms with Crippen LogP contribution in [0.5, 0.6) is 0 Å². The Morgan fingerprint density at radius 3 is 2.00 bits per heavy atom. The summed E-state index contributed by atoms with van der Waals surface area (Å²) in [4.78, 5) is 15.3. The van der Waals surface area contributed by atoms with Crippen LogP contribution in [-0.2, 0) is 13.8 Å². The second kappa shape index (κ2) is 10.4. The Balaban J connectivity index is 1.89. The van der Waals surface area contributed by atoms with Crippen LogP contribution in [0.15, 0.2) is 0 Å². The van der Waals surface area contributed by atoms with Crippen molar-refractivity contribution in [2.45, 2.75) is 96.9 Å². The second-order valence-electron chi connectivity index (χ2n) is 9.01. The Morgan fingerprint density at radius 2 is 1.50 bits per heavy atom. The van der Waals surface area contributed by atoms with E-state index in [9.17, 15) is 10.00 Å². The Hall–Kier alpha value is 0.0200. The van der Waals surface area contributed by atoms with E-state index >= 15 is 0 Å². The predicted molar refractivity (Wildman–Crippen MR) is 115 cm³/mol. The van der Waals surface area contributed by atoms with Crippen LogP contribution in [0.3, 0.4) is 0 Å². The maximum Gasteiger partial charge on any atom is 0.248 e. The maximum atomic E-state index is 10.7. The average Bonchev–Trinajstić information content (AvgIpc) is 3.16. The summed E-state index contributed by atoms with van der Waals surface area (Å²) in [7, 11) is -3.17. The van der Waals surface area contributed by atoms with Gasteiger partial charge in [0.15, 0.2) is 0 Å². The molecule has 0 saturated carbocycles. The lowest BCUT2D eigenvalue weighted by molar-refractivity contribution is 0.0124. The number of aliphatic hydroxyl groups excluding tert-OH is 1. The van der Waals surface area contributed by atoms with Gasteiger partial charge in [-0.15, -0.1) is 0 Å². The molecule has 7 nitrogen and oxygen atoms in total. The fourth-order valence-electron chi connectivity index (χ4n) is 4.43. The van der Waals surface area contributed by atoms with Crippen molar-refractivity contribution in [3.05, 3.63) is 0 Å². The summed E-state index contributed by atoms with van der Waals surface area (Å²) < 4.78 is 17.7. The van der Waals surface area contributed by atoms with Crippen LogP contribution >= 0.6 is 7.57 Å². The molecule has 0 aromatic heterocycles. The molecule has 2 N–H and O–H groups in total. The minimum Gasteiger partial charge on any atom is -0.395 e. The summed E-state index contributed by atoms with van der Waals surface area (Å²) in [6.45, 7) is 14.7. The van der Waals surface area contributed by atoms with Gasteiger partial charge in [0.1, 0.15) is 0 Å². The average molecular weight is 421 g/mol. The van der Waals surface area contributed by atoms with Gasteiger partial charge >= 0.3 is 0 Å². The van der Waals surface area contributed by atoms with Gasteiger partial charge in [0.25, 0.3) is 0 Å². The van der Waals surface area contributed by atoms with Crippen molar-refractivity contribution in [1.82, 2.24) is 9.80 Å². The monoisotopic (exact) mass is 420 g/mol. The van der Waals surface area contributed by atoms with Crippen molar-refractivity contribution < 1.29 is 23.8 Å².